The molecule has 5 aromatic rings. The van der Waals surface area contributed by atoms with E-state index in [1.807, 2.05) is 0 Å². The quantitative estimate of drug-likeness (QED) is 0.269. The number of aromatic nitrogens is 3. The Labute approximate surface area is 200 Å². The minimum Gasteiger partial charge on any atom is -0.436 e. The van der Waals surface area contributed by atoms with E-state index >= 15 is 0 Å². The normalized spacial score (nSPS) is 14.9. The van der Waals surface area contributed by atoms with Gasteiger partial charge in [0.1, 0.15) is 11.6 Å². The maximum atomic E-state index is 6.40. The summed E-state index contributed by atoms with van der Waals surface area (Å²) >= 11 is 0. The number of imidazole rings is 1. The maximum absolute atomic E-state index is 6.40. The molecule has 1 aliphatic rings. The zero-order valence-electron chi connectivity index (χ0n) is 20.6. The number of oxazole rings is 1. The van der Waals surface area contributed by atoms with Crippen molar-refractivity contribution in [3.8, 4) is 22.8 Å². The fraction of sp³-hybridized carbons (Fsp3) is 0.333. The second-order valence-corrected chi connectivity index (χ2v) is 9.92. The Kier molecular flexibility index (Phi) is 5.05. The molecule has 2 aromatic heterocycles. The Hall–Kier alpha value is -3.40. The summed E-state index contributed by atoms with van der Waals surface area (Å²) in [4.78, 5) is 5.15. The van der Waals surface area contributed by atoms with E-state index in [1.54, 1.807) is 0 Å². The highest BCUT2D eigenvalue weighted by atomic mass is 16.3. The van der Waals surface area contributed by atoms with Crippen molar-refractivity contribution in [2.24, 2.45) is 7.05 Å². The molecule has 0 radical (unpaired) electrons. The predicted octanol–water partition coefficient (Wildman–Crippen LogP) is 7.37. The first-order valence-electron chi connectivity index (χ1n) is 12.5. The van der Waals surface area contributed by atoms with Crippen LogP contribution in [0.25, 0.3) is 45.0 Å². The van der Waals surface area contributed by atoms with E-state index < -0.39 is 0 Å². The zero-order valence-corrected chi connectivity index (χ0v) is 20.6. The summed E-state index contributed by atoms with van der Waals surface area (Å²) in [6.07, 6.45) is 6.39. The second-order valence-electron chi connectivity index (χ2n) is 9.92. The van der Waals surface area contributed by atoms with Crippen molar-refractivity contribution in [2.45, 2.75) is 58.9 Å². The summed E-state index contributed by atoms with van der Waals surface area (Å²) in [5.74, 6) is 1.94. The van der Waals surface area contributed by atoms with Crippen LogP contribution in [0.5, 0.6) is 0 Å². The number of benzene rings is 3. The lowest BCUT2D eigenvalue weighted by molar-refractivity contribution is -0.634. The first kappa shape index (κ1) is 21.2. The minimum atomic E-state index is 0.509. The summed E-state index contributed by atoms with van der Waals surface area (Å²) in [7, 11) is 2.20. The average Bonchev–Trinajstić information content (AvgIpc) is 3.39. The monoisotopic (exact) mass is 450 g/mol. The number of para-hydroxylation sites is 2. The molecule has 1 saturated carbocycles. The molecule has 0 saturated heterocycles. The molecule has 3 aromatic carbocycles. The van der Waals surface area contributed by atoms with Gasteiger partial charge in [-0.3, -0.25) is 0 Å². The third kappa shape index (κ3) is 3.19. The molecule has 0 amide bonds. The van der Waals surface area contributed by atoms with Gasteiger partial charge in [0.15, 0.2) is 16.6 Å². The molecular weight excluding hydrogens is 418 g/mol. The summed E-state index contributed by atoms with van der Waals surface area (Å²) < 4.78 is 11.4. The molecule has 6 rings (SSSR count). The lowest BCUT2D eigenvalue weighted by Gasteiger charge is -2.21. The van der Waals surface area contributed by atoms with E-state index in [4.69, 9.17) is 9.40 Å². The van der Waals surface area contributed by atoms with Crippen LogP contribution in [0.15, 0.2) is 59.0 Å². The number of fused-ring (bicyclic) bond motifs is 2. The van der Waals surface area contributed by atoms with Gasteiger partial charge in [0.25, 0.3) is 5.82 Å². The summed E-state index contributed by atoms with van der Waals surface area (Å²) in [6.45, 7) is 6.46. The van der Waals surface area contributed by atoms with E-state index in [9.17, 15) is 0 Å². The fourth-order valence-electron chi connectivity index (χ4n) is 5.97. The summed E-state index contributed by atoms with van der Waals surface area (Å²) in [6, 6.07) is 19.9. The number of nitrogens with zero attached hydrogens (tertiary/aromatic N) is 3. The van der Waals surface area contributed by atoms with Crippen molar-refractivity contribution in [3.05, 3.63) is 71.3 Å². The van der Waals surface area contributed by atoms with Crippen LogP contribution in [0.4, 0.5) is 0 Å². The van der Waals surface area contributed by atoms with Gasteiger partial charge < -0.3 is 4.42 Å². The Morgan fingerprint density at radius 1 is 0.824 bits per heavy atom. The molecule has 172 valence electrons. The van der Waals surface area contributed by atoms with Gasteiger partial charge in [-0.15, -0.1) is 0 Å². The first-order valence-corrected chi connectivity index (χ1v) is 12.5. The highest BCUT2D eigenvalue weighted by molar-refractivity contribution is 5.93. The molecule has 0 spiro atoms. The molecule has 1 fully saturated rings. The van der Waals surface area contributed by atoms with Crippen LogP contribution < -0.4 is 4.57 Å². The van der Waals surface area contributed by atoms with E-state index in [0.29, 0.717) is 11.9 Å². The van der Waals surface area contributed by atoms with Crippen LogP contribution in [0, 0.1) is 20.8 Å². The summed E-state index contributed by atoms with van der Waals surface area (Å²) in [5, 5.41) is 0. The molecule has 0 unspecified atom stereocenters. The third-order valence-corrected chi connectivity index (χ3v) is 7.68. The number of hydrogen-bond donors (Lipinski definition) is 0. The molecule has 0 aliphatic heterocycles. The fourth-order valence-corrected chi connectivity index (χ4v) is 5.97. The van der Waals surface area contributed by atoms with Crippen molar-refractivity contribution in [3.63, 3.8) is 0 Å². The molecule has 2 heterocycles. The van der Waals surface area contributed by atoms with Gasteiger partial charge in [0.2, 0.25) is 5.89 Å². The van der Waals surface area contributed by atoms with Crippen molar-refractivity contribution < 1.29 is 8.98 Å². The largest absolute Gasteiger partial charge is 0.436 e. The second kappa shape index (κ2) is 8.12. The van der Waals surface area contributed by atoms with Crippen molar-refractivity contribution in [1.29, 1.82) is 0 Å². The molecule has 34 heavy (non-hydrogen) atoms. The molecule has 1 aliphatic carbocycles. The number of hydrogen-bond acceptors (Lipinski definition) is 2. The summed E-state index contributed by atoms with van der Waals surface area (Å²) in [5.41, 5.74) is 10.2. The van der Waals surface area contributed by atoms with E-state index in [-0.39, 0.29) is 0 Å². The highest BCUT2D eigenvalue weighted by Gasteiger charge is 2.33. The third-order valence-electron chi connectivity index (χ3n) is 7.68. The lowest BCUT2D eigenvalue weighted by atomic mass is 9.94. The smallest absolute Gasteiger partial charge is 0.292 e. The van der Waals surface area contributed by atoms with Gasteiger partial charge in [-0.1, -0.05) is 42.8 Å². The van der Waals surface area contributed by atoms with Crippen LogP contribution in [-0.2, 0) is 7.05 Å². The molecule has 4 heteroatoms. The topological polar surface area (TPSA) is 34.8 Å². The lowest BCUT2D eigenvalue weighted by Crippen LogP contribution is -2.31. The van der Waals surface area contributed by atoms with Crippen LogP contribution >= 0.6 is 0 Å². The molecular formula is C30H32N3O+. The highest BCUT2D eigenvalue weighted by Crippen LogP contribution is 2.39. The standard InChI is InChI=1S/C30H32N3O/c1-19-11-10-12-20(2)26(19)29-31-28-25(34-29)18-17-21(3)27(28)30-32(4)23-15-8-9-16-24(23)33(30)22-13-6-5-7-14-22/h8-12,15-18,22H,5-7,13-14H2,1-4H3/q+1. The zero-order chi connectivity index (χ0) is 23.4. The van der Waals surface area contributed by atoms with Crippen molar-refractivity contribution in [1.82, 2.24) is 9.55 Å². The molecule has 0 atom stereocenters. The van der Waals surface area contributed by atoms with Crippen LogP contribution in [0.3, 0.4) is 0 Å². The van der Waals surface area contributed by atoms with Crippen LogP contribution in [0.2, 0.25) is 0 Å². The van der Waals surface area contributed by atoms with Gasteiger partial charge in [-0.25, -0.2) is 14.1 Å². The first-order chi connectivity index (χ1) is 16.5. The van der Waals surface area contributed by atoms with Gasteiger partial charge >= 0.3 is 0 Å². The Bertz CT molecular complexity index is 1510. The average molecular weight is 451 g/mol. The minimum absolute atomic E-state index is 0.509. The SMILES string of the molecule is Cc1cccc(C)c1-c1nc2c(-c3n(C4CCCCC4)c4ccccc4[n+]3C)c(C)ccc2o1. The molecule has 0 N–H and O–H groups in total. The van der Waals surface area contributed by atoms with Gasteiger partial charge in [0, 0.05) is 5.56 Å². The predicted molar refractivity (Wildman–Crippen MR) is 138 cm³/mol. The van der Waals surface area contributed by atoms with E-state index in [0.717, 1.165) is 16.7 Å². The Balaban J connectivity index is 1.66. The van der Waals surface area contributed by atoms with Crippen molar-refractivity contribution >= 4 is 22.1 Å². The number of rotatable bonds is 3. The van der Waals surface area contributed by atoms with Crippen molar-refractivity contribution in [2.75, 3.05) is 0 Å². The Morgan fingerprint density at radius 3 is 2.29 bits per heavy atom. The maximum Gasteiger partial charge on any atom is 0.292 e. The molecule has 0 bridgehead atoms. The molecule has 4 nitrogen and oxygen atoms in total. The Morgan fingerprint density at radius 2 is 1.53 bits per heavy atom. The van der Waals surface area contributed by atoms with Crippen LogP contribution in [-0.4, -0.2) is 9.55 Å². The number of aryl methyl sites for hydroxylation is 4. The van der Waals surface area contributed by atoms with Crippen LogP contribution in [0.1, 0.15) is 54.8 Å². The van der Waals surface area contributed by atoms with E-state index in [1.165, 1.54) is 71.2 Å². The van der Waals surface area contributed by atoms with Gasteiger partial charge in [0.05, 0.1) is 12.6 Å². The van der Waals surface area contributed by atoms with Gasteiger partial charge in [-0.05, 0) is 81.3 Å². The van der Waals surface area contributed by atoms with Gasteiger partial charge in [-0.2, -0.15) is 0 Å². The van der Waals surface area contributed by atoms with E-state index in [2.05, 4.69) is 91.6 Å².